The zero-order chi connectivity index (χ0) is 13.3. The summed E-state index contributed by atoms with van der Waals surface area (Å²) >= 11 is 0. The van der Waals surface area contributed by atoms with Crippen LogP contribution in [-0.4, -0.2) is 13.2 Å². The van der Waals surface area contributed by atoms with Gasteiger partial charge in [0.15, 0.2) is 0 Å². The van der Waals surface area contributed by atoms with Crippen LogP contribution in [0.25, 0.3) is 5.32 Å². The number of hydrogen-bond donors (Lipinski definition) is 0. The van der Waals surface area contributed by atoms with Gasteiger partial charge < -0.3 is 10.1 Å². The van der Waals surface area contributed by atoms with Crippen molar-refractivity contribution in [3.8, 4) is 0 Å². The van der Waals surface area contributed by atoms with Crippen LogP contribution < -0.4 is 51.4 Å². The largest absolute Gasteiger partial charge is 1.00 e. The minimum absolute atomic E-state index is 0. The molecule has 3 heteroatoms. The summed E-state index contributed by atoms with van der Waals surface area (Å²) in [6.07, 6.45) is 1.08. The van der Waals surface area contributed by atoms with Crippen LogP contribution >= 0.6 is 0 Å². The number of aryl methyl sites for hydroxylation is 1. The Morgan fingerprint density at radius 1 is 0.900 bits per heavy atom. The molecule has 0 saturated heterocycles. The topological polar surface area (TPSA) is 23.3 Å². The number of rotatable bonds is 7. The van der Waals surface area contributed by atoms with Gasteiger partial charge in [-0.1, -0.05) is 61.5 Å². The van der Waals surface area contributed by atoms with Crippen molar-refractivity contribution in [1.82, 2.24) is 0 Å². The summed E-state index contributed by atoms with van der Waals surface area (Å²) in [6.45, 7) is 4.19. The molecule has 2 rings (SSSR count). The number of benzene rings is 2. The van der Waals surface area contributed by atoms with Gasteiger partial charge in [-0.15, -0.1) is 12.2 Å². The second-order valence-corrected chi connectivity index (χ2v) is 4.44. The van der Waals surface area contributed by atoms with E-state index in [2.05, 4.69) is 36.5 Å². The molecule has 0 aliphatic heterocycles. The molecule has 20 heavy (non-hydrogen) atoms. The van der Waals surface area contributed by atoms with Crippen molar-refractivity contribution < 1.29 is 56.1 Å². The molecule has 2 nitrogen and oxygen atoms in total. The predicted molar refractivity (Wildman–Crippen MR) is 79.8 cm³/mol. The van der Waals surface area contributed by atoms with Gasteiger partial charge in [0.1, 0.15) is 0 Å². The van der Waals surface area contributed by atoms with Crippen LogP contribution in [0.5, 0.6) is 0 Å². The van der Waals surface area contributed by atoms with Crippen molar-refractivity contribution in [2.45, 2.75) is 20.0 Å². The van der Waals surface area contributed by atoms with Crippen molar-refractivity contribution in [2.24, 2.45) is 0 Å². The van der Waals surface area contributed by atoms with E-state index >= 15 is 0 Å². The quantitative estimate of drug-likeness (QED) is 0.560. The molecule has 0 saturated carbocycles. The van der Waals surface area contributed by atoms with E-state index in [-0.39, 0.29) is 51.4 Å². The molecule has 0 amide bonds. The Kier molecular flexibility index (Phi) is 9.43. The Labute approximate surface area is 164 Å². The molecular weight excluding hydrogens is 273 g/mol. The van der Waals surface area contributed by atoms with Crippen LogP contribution in [0.2, 0.25) is 0 Å². The molecule has 2 aromatic rings. The molecule has 0 spiro atoms. The van der Waals surface area contributed by atoms with Crippen molar-refractivity contribution in [1.29, 1.82) is 0 Å². The molecule has 2 aromatic carbocycles. The summed E-state index contributed by atoms with van der Waals surface area (Å²) in [5, 5.41) is 4.44. The zero-order valence-corrected chi connectivity index (χ0v) is 15.5. The molecule has 0 aliphatic rings. The maximum atomic E-state index is 5.62. The van der Waals surface area contributed by atoms with Crippen LogP contribution in [0.15, 0.2) is 54.6 Å². The standard InChI is InChI=1S/C17H20NO.K/c1-2-15-8-10-16(11-9-15)14-19-13-12-18-17-6-4-3-5-7-17;/h3-11H,2,12-14H2,1H3;/q-1;+1. The van der Waals surface area contributed by atoms with E-state index in [0.29, 0.717) is 19.8 Å². The fourth-order valence-electron chi connectivity index (χ4n) is 1.83. The van der Waals surface area contributed by atoms with Crippen molar-refractivity contribution in [3.63, 3.8) is 0 Å². The molecule has 0 heterocycles. The molecule has 0 radical (unpaired) electrons. The van der Waals surface area contributed by atoms with Crippen LogP contribution in [0, 0.1) is 0 Å². The Bertz CT molecular complexity index is 470. The van der Waals surface area contributed by atoms with Crippen molar-refractivity contribution in [3.05, 3.63) is 71.0 Å². The van der Waals surface area contributed by atoms with Gasteiger partial charge in [0, 0.05) is 6.61 Å². The summed E-state index contributed by atoms with van der Waals surface area (Å²) < 4.78 is 5.62. The summed E-state index contributed by atoms with van der Waals surface area (Å²) in [4.78, 5) is 0. The van der Waals surface area contributed by atoms with E-state index < -0.39 is 0 Å². The van der Waals surface area contributed by atoms with Gasteiger partial charge in [0.25, 0.3) is 0 Å². The minimum atomic E-state index is 0. The maximum Gasteiger partial charge on any atom is 1.00 e. The summed E-state index contributed by atoms with van der Waals surface area (Å²) in [7, 11) is 0. The first-order valence-electron chi connectivity index (χ1n) is 6.76. The Morgan fingerprint density at radius 2 is 1.55 bits per heavy atom. The van der Waals surface area contributed by atoms with Gasteiger partial charge in [-0.25, -0.2) is 0 Å². The number of nitrogens with zero attached hydrogens (tertiary/aromatic N) is 1. The molecule has 0 bridgehead atoms. The van der Waals surface area contributed by atoms with Crippen LogP contribution in [0.4, 0.5) is 5.69 Å². The first-order valence-corrected chi connectivity index (χ1v) is 6.76. The number of para-hydroxylation sites is 1. The van der Waals surface area contributed by atoms with E-state index in [4.69, 9.17) is 4.74 Å². The second-order valence-electron chi connectivity index (χ2n) is 4.44. The van der Waals surface area contributed by atoms with Gasteiger partial charge in [0.2, 0.25) is 0 Å². The fraction of sp³-hybridized carbons (Fsp3) is 0.294. The van der Waals surface area contributed by atoms with Crippen LogP contribution in [-0.2, 0) is 17.8 Å². The van der Waals surface area contributed by atoms with E-state index in [1.54, 1.807) is 0 Å². The molecular formula is C17H20KNO. The SMILES string of the molecule is CCc1ccc(COCC[N-]c2ccccc2)cc1.[K+]. The molecule has 0 N–H and O–H groups in total. The van der Waals surface area contributed by atoms with Crippen molar-refractivity contribution >= 4 is 5.69 Å². The summed E-state index contributed by atoms with van der Waals surface area (Å²) in [5.74, 6) is 0. The van der Waals surface area contributed by atoms with E-state index in [0.717, 1.165) is 12.1 Å². The molecule has 0 unspecified atom stereocenters. The minimum Gasteiger partial charge on any atom is -0.683 e. The molecule has 0 aromatic heterocycles. The molecule has 100 valence electrons. The fourth-order valence-corrected chi connectivity index (χ4v) is 1.83. The van der Waals surface area contributed by atoms with Crippen LogP contribution in [0.1, 0.15) is 18.1 Å². The third kappa shape index (κ3) is 6.52. The van der Waals surface area contributed by atoms with E-state index in [1.165, 1.54) is 11.1 Å². The van der Waals surface area contributed by atoms with Gasteiger partial charge >= 0.3 is 51.4 Å². The Balaban J connectivity index is 0.00000200. The third-order valence-corrected chi connectivity index (χ3v) is 2.99. The van der Waals surface area contributed by atoms with Crippen LogP contribution in [0.3, 0.4) is 0 Å². The third-order valence-electron chi connectivity index (χ3n) is 2.99. The summed E-state index contributed by atoms with van der Waals surface area (Å²) in [5.41, 5.74) is 3.60. The normalized spacial score (nSPS) is 9.85. The van der Waals surface area contributed by atoms with E-state index in [1.807, 2.05) is 30.3 Å². The number of hydrogen-bond acceptors (Lipinski definition) is 1. The predicted octanol–water partition coefficient (Wildman–Crippen LogP) is 1.47. The van der Waals surface area contributed by atoms with Crippen molar-refractivity contribution in [2.75, 3.05) is 13.2 Å². The first-order chi connectivity index (χ1) is 9.38. The molecule has 0 atom stereocenters. The maximum absolute atomic E-state index is 5.62. The molecule has 0 fully saturated rings. The zero-order valence-electron chi connectivity index (χ0n) is 12.4. The van der Waals surface area contributed by atoms with Gasteiger partial charge in [-0.3, -0.25) is 0 Å². The first kappa shape index (κ1) is 17.9. The number of ether oxygens (including phenoxy) is 1. The monoisotopic (exact) mass is 293 g/mol. The van der Waals surface area contributed by atoms with Gasteiger partial charge in [-0.2, -0.15) is 0 Å². The Hall–Kier alpha value is -0.164. The summed E-state index contributed by atoms with van der Waals surface area (Å²) in [6, 6.07) is 18.6. The van der Waals surface area contributed by atoms with Gasteiger partial charge in [-0.05, 0) is 17.5 Å². The molecule has 0 aliphatic carbocycles. The Morgan fingerprint density at radius 3 is 2.20 bits per heavy atom. The second kappa shape index (κ2) is 10.5. The average molecular weight is 293 g/mol. The van der Waals surface area contributed by atoms with E-state index in [9.17, 15) is 0 Å². The average Bonchev–Trinajstić information content (AvgIpc) is 2.49. The van der Waals surface area contributed by atoms with Gasteiger partial charge in [0.05, 0.1) is 6.61 Å². The smallest absolute Gasteiger partial charge is 0.683 e.